The molecule has 0 amide bonds. The highest BCUT2D eigenvalue weighted by molar-refractivity contribution is 5.93. The van der Waals surface area contributed by atoms with Gasteiger partial charge in [-0.1, -0.05) is 35.5 Å². The Morgan fingerprint density at radius 2 is 2.00 bits per heavy atom. The standard InChI is InChI=1S/C14H12N4O/c19-17-14(9-11-5-2-1-3-6-11)18-13-7-4-8-15-12(13)10-16-18/h1-8,10,19H,9H2. The quantitative estimate of drug-likeness (QED) is 0.329. The Balaban J connectivity index is 1.99. The molecule has 5 nitrogen and oxygen atoms in total. The van der Waals surface area contributed by atoms with Crippen LogP contribution in [0, 0.1) is 0 Å². The lowest BCUT2D eigenvalue weighted by Crippen LogP contribution is -2.16. The van der Waals surface area contributed by atoms with Crippen LogP contribution in [0.2, 0.25) is 0 Å². The third kappa shape index (κ3) is 2.18. The summed E-state index contributed by atoms with van der Waals surface area (Å²) < 4.78 is 1.61. The average molecular weight is 252 g/mol. The third-order valence-electron chi connectivity index (χ3n) is 2.90. The highest BCUT2D eigenvalue weighted by atomic mass is 16.4. The number of benzene rings is 1. The van der Waals surface area contributed by atoms with Crippen LogP contribution in [0.5, 0.6) is 0 Å². The Morgan fingerprint density at radius 1 is 1.16 bits per heavy atom. The minimum atomic E-state index is 0.467. The summed E-state index contributed by atoms with van der Waals surface area (Å²) in [5, 5.41) is 16.8. The van der Waals surface area contributed by atoms with E-state index in [-0.39, 0.29) is 0 Å². The van der Waals surface area contributed by atoms with Crippen molar-refractivity contribution in [3.8, 4) is 0 Å². The van der Waals surface area contributed by atoms with Crippen LogP contribution in [0.4, 0.5) is 0 Å². The molecule has 3 aromatic rings. The van der Waals surface area contributed by atoms with Crippen LogP contribution in [-0.2, 0) is 6.42 Å². The molecule has 0 atom stereocenters. The third-order valence-corrected chi connectivity index (χ3v) is 2.90. The summed E-state index contributed by atoms with van der Waals surface area (Å²) in [7, 11) is 0. The molecule has 0 fully saturated rings. The second-order valence-corrected chi connectivity index (χ2v) is 4.14. The molecule has 1 N–H and O–H groups in total. The highest BCUT2D eigenvalue weighted by Crippen LogP contribution is 2.11. The molecule has 1 aromatic carbocycles. The normalized spacial score (nSPS) is 11.9. The maximum Gasteiger partial charge on any atom is 0.173 e. The number of fused-ring (bicyclic) bond motifs is 1. The van der Waals surface area contributed by atoms with E-state index in [4.69, 9.17) is 0 Å². The average Bonchev–Trinajstić information content (AvgIpc) is 2.90. The summed E-state index contributed by atoms with van der Waals surface area (Å²) in [5.41, 5.74) is 2.66. The van der Waals surface area contributed by atoms with Crippen LogP contribution in [0.15, 0.2) is 60.0 Å². The van der Waals surface area contributed by atoms with E-state index in [2.05, 4.69) is 15.2 Å². The number of aromatic nitrogens is 3. The lowest BCUT2D eigenvalue weighted by atomic mass is 10.1. The predicted octanol–water partition coefficient (Wildman–Crippen LogP) is 2.31. The van der Waals surface area contributed by atoms with E-state index in [1.54, 1.807) is 17.1 Å². The van der Waals surface area contributed by atoms with E-state index in [1.165, 1.54) is 0 Å². The van der Waals surface area contributed by atoms with E-state index >= 15 is 0 Å². The minimum absolute atomic E-state index is 0.467. The van der Waals surface area contributed by atoms with Crippen LogP contribution < -0.4 is 0 Å². The molecular weight excluding hydrogens is 240 g/mol. The van der Waals surface area contributed by atoms with Gasteiger partial charge in [0.2, 0.25) is 0 Å². The molecule has 2 aromatic heterocycles. The number of hydrogen-bond acceptors (Lipinski definition) is 4. The molecule has 0 unspecified atom stereocenters. The summed E-state index contributed by atoms with van der Waals surface area (Å²) in [6.45, 7) is 0. The molecule has 3 rings (SSSR count). The SMILES string of the molecule is ON=C(Cc1ccccc1)n1ncc2ncccc21. The first kappa shape index (κ1) is 11.4. The van der Waals surface area contributed by atoms with Gasteiger partial charge < -0.3 is 5.21 Å². The van der Waals surface area contributed by atoms with E-state index in [1.807, 2.05) is 42.5 Å². The number of oxime groups is 1. The van der Waals surface area contributed by atoms with Crippen molar-refractivity contribution < 1.29 is 5.21 Å². The van der Waals surface area contributed by atoms with E-state index < -0.39 is 0 Å². The number of pyridine rings is 1. The molecule has 5 heteroatoms. The van der Waals surface area contributed by atoms with Gasteiger partial charge in [0.05, 0.1) is 11.7 Å². The molecule has 0 spiro atoms. The van der Waals surface area contributed by atoms with Gasteiger partial charge in [0.1, 0.15) is 5.52 Å². The molecular formula is C14H12N4O. The fraction of sp³-hybridized carbons (Fsp3) is 0.0714. The summed E-state index contributed by atoms with van der Waals surface area (Å²) in [5.74, 6) is 0.467. The Morgan fingerprint density at radius 3 is 2.79 bits per heavy atom. The lowest BCUT2D eigenvalue weighted by Gasteiger charge is -2.05. The molecule has 0 saturated heterocycles. The number of hydrogen-bond donors (Lipinski definition) is 1. The maximum atomic E-state index is 9.23. The Bertz CT molecular complexity index is 718. The monoisotopic (exact) mass is 252 g/mol. The molecule has 0 aliphatic carbocycles. The minimum Gasteiger partial charge on any atom is -0.409 e. The van der Waals surface area contributed by atoms with Crippen molar-refractivity contribution in [3.63, 3.8) is 0 Å². The van der Waals surface area contributed by atoms with Gasteiger partial charge in [-0.05, 0) is 17.7 Å². The van der Waals surface area contributed by atoms with Gasteiger partial charge in [0.15, 0.2) is 5.84 Å². The van der Waals surface area contributed by atoms with Crippen molar-refractivity contribution in [2.45, 2.75) is 6.42 Å². The van der Waals surface area contributed by atoms with Crippen LogP contribution in [0.25, 0.3) is 11.0 Å². The largest absolute Gasteiger partial charge is 0.409 e. The molecule has 0 aliphatic rings. The van der Waals surface area contributed by atoms with Gasteiger partial charge in [0.25, 0.3) is 0 Å². The fourth-order valence-corrected chi connectivity index (χ4v) is 2.00. The van der Waals surface area contributed by atoms with Crippen LogP contribution in [0.1, 0.15) is 5.56 Å². The van der Waals surface area contributed by atoms with Crippen molar-refractivity contribution in [1.29, 1.82) is 0 Å². The molecule has 0 radical (unpaired) electrons. The maximum absolute atomic E-state index is 9.23. The lowest BCUT2D eigenvalue weighted by molar-refractivity contribution is 0.315. The first-order chi connectivity index (χ1) is 9.38. The molecule has 0 bridgehead atoms. The van der Waals surface area contributed by atoms with E-state index in [9.17, 15) is 5.21 Å². The first-order valence-electron chi connectivity index (χ1n) is 5.92. The van der Waals surface area contributed by atoms with Crippen molar-refractivity contribution in [3.05, 3.63) is 60.4 Å². The second kappa shape index (κ2) is 4.89. The summed E-state index contributed by atoms with van der Waals surface area (Å²) >= 11 is 0. The zero-order valence-electron chi connectivity index (χ0n) is 10.1. The molecule has 0 aliphatic heterocycles. The van der Waals surface area contributed by atoms with Crippen LogP contribution in [0.3, 0.4) is 0 Å². The van der Waals surface area contributed by atoms with Crippen molar-refractivity contribution in [1.82, 2.24) is 14.8 Å². The fourth-order valence-electron chi connectivity index (χ4n) is 2.00. The Hall–Kier alpha value is -2.69. The predicted molar refractivity (Wildman–Crippen MR) is 72.3 cm³/mol. The van der Waals surface area contributed by atoms with Gasteiger partial charge in [0, 0.05) is 12.6 Å². The van der Waals surface area contributed by atoms with Crippen LogP contribution in [-0.4, -0.2) is 25.8 Å². The van der Waals surface area contributed by atoms with Gasteiger partial charge >= 0.3 is 0 Å². The Labute approximate surface area is 109 Å². The van der Waals surface area contributed by atoms with E-state index in [0.717, 1.165) is 16.6 Å². The zero-order chi connectivity index (χ0) is 13.1. The topological polar surface area (TPSA) is 63.3 Å². The number of nitrogens with zero attached hydrogens (tertiary/aromatic N) is 4. The summed E-state index contributed by atoms with van der Waals surface area (Å²) in [6, 6.07) is 13.5. The molecule has 0 saturated carbocycles. The Kier molecular flexibility index (Phi) is 2.94. The summed E-state index contributed by atoms with van der Waals surface area (Å²) in [6.07, 6.45) is 3.87. The van der Waals surface area contributed by atoms with Gasteiger partial charge in [-0.25, -0.2) is 4.68 Å². The van der Waals surface area contributed by atoms with E-state index in [0.29, 0.717) is 12.3 Å². The first-order valence-corrected chi connectivity index (χ1v) is 5.92. The summed E-state index contributed by atoms with van der Waals surface area (Å²) in [4.78, 5) is 4.21. The van der Waals surface area contributed by atoms with Gasteiger partial charge in [-0.2, -0.15) is 5.10 Å². The smallest absolute Gasteiger partial charge is 0.173 e. The zero-order valence-corrected chi connectivity index (χ0v) is 10.1. The van der Waals surface area contributed by atoms with Crippen LogP contribution >= 0.6 is 0 Å². The molecule has 19 heavy (non-hydrogen) atoms. The van der Waals surface area contributed by atoms with Crippen molar-refractivity contribution in [2.75, 3.05) is 0 Å². The van der Waals surface area contributed by atoms with Crippen molar-refractivity contribution in [2.24, 2.45) is 5.16 Å². The number of rotatable bonds is 2. The highest BCUT2D eigenvalue weighted by Gasteiger charge is 2.10. The van der Waals surface area contributed by atoms with Gasteiger partial charge in [-0.3, -0.25) is 4.98 Å². The molecule has 2 heterocycles. The van der Waals surface area contributed by atoms with Crippen molar-refractivity contribution >= 4 is 16.9 Å². The molecule has 94 valence electrons. The van der Waals surface area contributed by atoms with Gasteiger partial charge in [-0.15, -0.1) is 0 Å². The second-order valence-electron chi connectivity index (χ2n) is 4.14.